The molecule has 1 aromatic heterocycles. The monoisotopic (exact) mass is 320 g/mol. The van der Waals surface area contributed by atoms with Gasteiger partial charge in [0.25, 0.3) is 0 Å². The molecule has 0 bridgehead atoms. The molecular formula is C14H13BrN2S. The van der Waals surface area contributed by atoms with Gasteiger partial charge in [-0.05, 0) is 60.0 Å². The molecule has 1 aliphatic rings. The van der Waals surface area contributed by atoms with Gasteiger partial charge in [0.2, 0.25) is 0 Å². The Morgan fingerprint density at radius 3 is 2.78 bits per heavy atom. The van der Waals surface area contributed by atoms with Crippen molar-refractivity contribution in [2.45, 2.75) is 30.7 Å². The standard InChI is InChI=1S/C14H13BrN2S/c1-7-4-5-12-13(8(7)2)17-11-6-10(15)9(3)16-14(11)18-12/h4-6,17H,1-3H3. The zero-order valence-corrected chi connectivity index (χ0v) is 12.9. The minimum Gasteiger partial charge on any atom is -0.352 e. The number of fused-ring (bicyclic) bond motifs is 2. The first kappa shape index (κ1) is 12.1. The molecule has 0 spiro atoms. The maximum Gasteiger partial charge on any atom is 0.125 e. The fraction of sp³-hybridized carbons (Fsp3) is 0.214. The van der Waals surface area contributed by atoms with Crippen LogP contribution in [0.2, 0.25) is 0 Å². The van der Waals surface area contributed by atoms with Gasteiger partial charge in [-0.25, -0.2) is 4.98 Å². The third-order valence-electron chi connectivity index (χ3n) is 3.28. The zero-order valence-electron chi connectivity index (χ0n) is 10.5. The van der Waals surface area contributed by atoms with Gasteiger partial charge in [0.05, 0.1) is 17.1 Å². The second-order valence-electron chi connectivity index (χ2n) is 4.52. The van der Waals surface area contributed by atoms with Crippen LogP contribution in [0.1, 0.15) is 16.8 Å². The second kappa shape index (κ2) is 4.28. The van der Waals surface area contributed by atoms with Crippen molar-refractivity contribution < 1.29 is 0 Å². The van der Waals surface area contributed by atoms with E-state index >= 15 is 0 Å². The quantitative estimate of drug-likeness (QED) is 0.632. The molecule has 3 rings (SSSR count). The Balaban J connectivity index is 2.15. The van der Waals surface area contributed by atoms with Gasteiger partial charge in [-0.15, -0.1) is 0 Å². The summed E-state index contributed by atoms with van der Waals surface area (Å²) in [6.07, 6.45) is 0. The summed E-state index contributed by atoms with van der Waals surface area (Å²) in [5.74, 6) is 0. The Morgan fingerprint density at radius 2 is 2.00 bits per heavy atom. The summed E-state index contributed by atoms with van der Waals surface area (Å²) in [4.78, 5) is 5.87. The third kappa shape index (κ3) is 1.84. The highest BCUT2D eigenvalue weighted by Gasteiger charge is 2.20. The van der Waals surface area contributed by atoms with E-state index in [-0.39, 0.29) is 0 Å². The van der Waals surface area contributed by atoms with Crippen LogP contribution in [-0.4, -0.2) is 4.98 Å². The number of nitrogens with one attached hydrogen (secondary N) is 1. The molecule has 0 amide bonds. The van der Waals surface area contributed by atoms with Crippen LogP contribution >= 0.6 is 27.7 Å². The van der Waals surface area contributed by atoms with Crippen LogP contribution in [0.25, 0.3) is 0 Å². The highest BCUT2D eigenvalue weighted by molar-refractivity contribution is 9.10. The van der Waals surface area contributed by atoms with Gasteiger partial charge < -0.3 is 5.32 Å². The van der Waals surface area contributed by atoms with Crippen LogP contribution in [0.15, 0.2) is 32.6 Å². The molecule has 0 unspecified atom stereocenters. The van der Waals surface area contributed by atoms with Crippen molar-refractivity contribution in [1.29, 1.82) is 0 Å². The minimum atomic E-state index is 1.02. The van der Waals surface area contributed by atoms with Crippen molar-refractivity contribution >= 4 is 39.1 Å². The van der Waals surface area contributed by atoms with Crippen molar-refractivity contribution in [3.63, 3.8) is 0 Å². The number of nitrogens with zero attached hydrogens (tertiary/aromatic N) is 1. The molecule has 1 aliphatic heterocycles. The number of anilines is 2. The van der Waals surface area contributed by atoms with E-state index in [9.17, 15) is 0 Å². The normalized spacial score (nSPS) is 12.7. The Hall–Kier alpha value is -1.000. The van der Waals surface area contributed by atoms with Gasteiger partial charge in [0, 0.05) is 9.37 Å². The fourth-order valence-electron chi connectivity index (χ4n) is 2.00. The molecule has 0 radical (unpaired) electrons. The Bertz CT molecular complexity index is 653. The van der Waals surface area contributed by atoms with Gasteiger partial charge in [-0.2, -0.15) is 0 Å². The summed E-state index contributed by atoms with van der Waals surface area (Å²) in [6.45, 7) is 6.31. The molecule has 4 heteroatoms. The molecule has 2 aromatic rings. The van der Waals surface area contributed by atoms with Crippen molar-refractivity contribution in [2.24, 2.45) is 0 Å². The van der Waals surface area contributed by atoms with Gasteiger partial charge in [-0.3, -0.25) is 0 Å². The molecule has 0 fully saturated rings. The molecular weight excluding hydrogens is 308 g/mol. The predicted molar refractivity (Wildman–Crippen MR) is 80.0 cm³/mol. The predicted octanol–water partition coefficient (Wildman–Crippen LogP) is 4.98. The molecule has 0 saturated carbocycles. The SMILES string of the molecule is Cc1ccc2c(c1C)Nc1cc(Br)c(C)nc1S2. The number of hydrogen-bond donors (Lipinski definition) is 1. The van der Waals surface area contributed by atoms with E-state index in [4.69, 9.17) is 0 Å². The maximum absolute atomic E-state index is 4.62. The van der Waals surface area contributed by atoms with E-state index in [0.717, 1.165) is 20.9 Å². The Labute approximate surface area is 119 Å². The number of halogens is 1. The number of rotatable bonds is 0. The molecule has 2 nitrogen and oxygen atoms in total. The largest absolute Gasteiger partial charge is 0.352 e. The van der Waals surface area contributed by atoms with Crippen molar-refractivity contribution in [3.8, 4) is 0 Å². The lowest BCUT2D eigenvalue weighted by Crippen LogP contribution is -2.05. The first-order valence-electron chi connectivity index (χ1n) is 5.78. The van der Waals surface area contributed by atoms with Crippen LogP contribution in [0, 0.1) is 20.8 Å². The highest BCUT2D eigenvalue weighted by atomic mass is 79.9. The van der Waals surface area contributed by atoms with Crippen LogP contribution < -0.4 is 5.32 Å². The fourth-order valence-corrected chi connectivity index (χ4v) is 3.37. The summed E-state index contributed by atoms with van der Waals surface area (Å²) >= 11 is 5.27. The average molecular weight is 321 g/mol. The number of hydrogen-bond acceptors (Lipinski definition) is 3. The lowest BCUT2D eigenvalue weighted by molar-refractivity contribution is 1.04. The minimum absolute atomic E-state index is 1.02. The Kier molecular flexibility index (Phi) is 2.87. The lowest BCUT2D eigenvalue weighted by atomic mass is 10.1. The number of aromatic nitrogens is 1. The van der Waals surface area contributed by atoms with Gasteiger partial charge >= 0.3 is 0 Å². The first-order chi connectivity index (χ1) is 8.56. The third-order valence-corrected chi connectivity index (χ3v) is 5.15. The number of pyridine rings is 1. The maximum atomic E-state index is 4.62. The molecule has 18 heavy (non-hydrogen) atoms. The molecule has 0 atom stereocenters. The highest BCUT2D eigenvalue weighted by Crippen LogP contribution is 2.45. The van der Waals surface area contributed by atoms with Gasteiger partial charge in [-0.1, -0.05) is 17.8 Å². The summed E-state index contributed by atoms with van der Waals surface area (Å²) in [7, 11) is 0. The zero-order chi connectivity index (χ0) is 12.9. The van der Waals surface area contributed by atoms with Crippen LogP contribution in [0.4, 0.5) is 11.4 Å². The number of benzene rings is 1. The molecule has 0 aliphatic carbocycles. The van der Waals surface area contributed by atoms with E-state index in [1.54, 1.807) is 11.8 Å². The summed E-state index contributed by atoms with van der Waals surface area (Å²) < 4.78 is 1.04. The molecule has 0 saturated heterocycles. The van der Waals surface area contributed by atoms with E-state index in [1.807, 2.05) is 6.92 Å². The lowest BCUT2D eigenvalue weighted by Gasteiger charge is -2.23. The second-order valence-corrected chi connectivity index (χ2v) is 6.40. The van der Waals surface area contributed by atoms with E-state index in [2.05, 4.69) is 58.3 Å². The first-order valence-corrected chi connectivity index (χ1v) is 7.39. The van der Waals surface area contributed by atoms with Crippen molar-refractivity contribution in [2.75, 3.05) is 5.32 Å². The van der Waals surface area contributed by atoms with Gasteiger partial charge in [0.15, 0.2) is 0 Å². The summed E-state index contributed by atoms with van der Waals surface area (Å²) in [6, 6.07) is 6.44. The van der Waals surface area contributed by atoms with Crippen molar-refractivity contribution in [1.82, 2.24) is 4.98 Å². The molecule has 92 valence electrons. The van der Waals surface area contributed by atoms with E-state index in [0.29, 0.717) is 0 Å². The van der Waals surface area contributed by atoms with Gasteiger partial charge in [0.1, 0.15) is 5.03 Å². The topological polar surface area (TPSA) is 24.9 Å². The molecule has 1 aromatic carbocycles. The smallest absolute Gasteiger partial charge is 0.125 e. The Morgan fingerprint density at radius 1 is 1.22 bits per heavy atom. The molecule has 1 N–H and O–H groups in total. The van der Waals surface area contributed by atoms with E-state index in [1.165, 1.54) is 21.7 Å². The molecule has 2 heterocycles. The van der Waals surface area contributed by atoms with Crippen LogP contribution in [-0.2, 0) is 0 Å². The van der Waals surface area contributed by atoms with Crippen LogP contribution in [0.5, 0.6) is 0 Å². The van der Waals surface area contributed by atoms with E-state index < -0.39 is 0 Å². The van der Waals surface area contributed by atoms with Crippen LogP contribution in [0.3, 0.4) is 0 Å². The summed E-state index contributed by atoms with van der Waals surface area (Å²) in [5, 5.41) is 4.55. The summed E-state index contributed by atoms with van der Waals surface area (Å²) in [5.41, 5.74) is 5.94. The average Bonchev–Trinajstić information content (AvgIpc) is 2.34. The van der Waals surface area contributed by atoms with Crippen molar-refractivity contribution in [3.05, 3.63) is 39.5 Å². The number of aryl methyl sites for hydroxylation is 2.